The Morgan fingerprint density at radius 2 is 2.00 bits per heavy atom. The average molecular weight is 353 g/mol. The van der Waals surface area contributed by atoms with Crippen LogP contribution in [0.1, 0.15) is 58.6 Å². The van der Waals surface area contributed by atoms with E-state index in [1.54, 1.807) is 0 Å². The lowest BCUT2D eigenvalue weighted by molar-refractivity contribution is 0.570. The van der Waals surface area contributed by atoms with Gasteiger partial charge in [-0.3, -0.25) is 0 Å². The van der Waals surface area contributed by atoms with Crippen molar-refractivity contribution in [2.24, 2.45) is 5.92 Å². The number of nitrogens with one attached hydrogen (secondary N) is 1. The van der Waals surface area contributed by atoms with Gasteiger partial charge < -0.3 is 10.2 Å². The van der Waals surface area contributed by atoms with E-state index in [2.05, 4.69) is 72.0 Å². The first-order chi connectivity index (χ1) is 10.0. The number of rotatable bonds is 8. The molecule has 1 aliphatic rings. The number of hydrogen-bond donors (Lipinski definition) is 1. The first kappa shape index (κ1) is 16.8. The van der Waals surface area contributed by atoms with Crippen molar-refractivity contribution in [3.63, 3.8) is 0 Å². The number of halogens is 1. The Balaban J connectivity index is 2.12. The third kappa shape index (κ3) is 4.72. The molecule has 21 heavy (non-hydrogen) atoms. The molecule has 1 aromatic carbocycles. The van der Waals surface area contributed by atoms with Gasteiger partial charge in [-0.25, -0.2) is 0 Å². The molecule has 0 bridgehead atoms. The van der Waals surface area contributed by atoms with E-state index in [0.717, 1.165) is 12.5 Å². The van der Waals surface area contributed by atoms with Crippen molar-refractivity contribution in [2.45, 2.75) is 59.0 Å². The molecule has 0 aromatic heterocycles. The first-order valence-corrected chi connectivity index (χ1v) is 9.11. The summed E-state index contributed by atoms with van der Waals surface area (Å²) >= 11 is 3.79. The van der Waals surface area contributed by atoms with Crippen molar-refractivity contribution < 1.29 is 0 Å². The van der Waals surface area contributed by atoms with Crippen molar-refractivity contribution >= 4 is 21.6 Å². The second kappa shape index (κ2) is 7.64. The lowest BCUT2D eigenvalue weighted by Gasteiger charge is -2.30. The van der Waals surface area contributed by atoms with Crippen LogP contribution in [0.15, 0.2) is 22.7 Å². The zero-order valence-electron chi connectivity index (χ0n) is 13.8. The molecule has 3 heteroatoms. The van der Waals surface area contributed by atoms with E-state index in [-0.39, 0.29) is 0 Å². The molecule has 2 rings (SSSR count). The molecule has 1 aromatic rings. The fraction of sp³-hybridized carbons (Fsp3) is 0.667. The highest BCUT2D eigenvalue weighted by Gasteiger charge is 2.26. The van der Waals surface area contributed by atoms with E-state index >= 15 is 0 Å². The topological polar surface area (TPSA) is 15.3 Å². The highest BCUT2D eigenvalue weighted by molar-refractivity contribution is 9.10. The van der Waals surface area contributed by atoms with Crippen molar-refractivity contribution in [1.29, 1.82) is 0 Å². The lowest BCUT2D eigenvalue weighted by Crippen LogP contribution is -2.33. The monoisotopic (exact) mass is 352 g/mol. The molecule has 0 amide bonds. The first-order valence-electron chi connectivity index (χ1n) is 8.32. The van der Waals surface area contributed by atoms with E-state index in [1.807, 2.05) is 0 Å². The molecule has 2 nitrogen and oxygen atoms in total. The summed E-state index contributed by atoms with van der Waals surface area (Å²) in [5.41, 5.74) is 2.69. The summed E-state index contributed by atoms with van der Waals surface area (Å²) in [5.74, 6) is 0.907. The smallest absolute Gasteiger partial charge is 0.0513 e. The lowest BCUT2D eigenvalue weighted by atomic mass is 10.1. The van der Waals surface area contributed by atoms with Crippen molar-refractivity contribution in [3.05, 3.63) is 28.2 Å². The minimum absolute atomic E-state index is 0.409. The molecule has 0 saturated heterocycles. The molecule has 0 radical (unpaired) electrons. The zero-order valence-corrected chi connectivity index (χ0v) is 15.4. The Kier molecular flexibility index (Phi) is 6.12. The predicted octanol–water partition coefficient (Wildman–Crippen LogP) is 5.13. The minimum Gasteiger partial charge on any atom is -0.368 e. The highest BCUT2D eigenvalue weighted by atomic mass is 79.9. The Labute approximate surface area is 138 Å². The summed E-state index contributed by atoms with van der Waals surface area (Å²) in [6.07, 6.45) is 3.97. The number of benzene rings is 1. The number of nitrogens with zero attached hydrogens (tertiary/aromatic N) is 1. The quantitative estimate of drug-likeness (QED) is 0.697. The molecular formula is C18H29BrN2. The van der Waals surface area contributed by atoms with Crippen molar-refractivity contribution in [1.82, 2.24) is 5.32 Å². The number of anilines is 1. The van der Waals surface area contributed by atoms with Gasteiger partial charge in [0.1, 0.15) is 0 Å². The molecule has 0 spiro atoms. The van der Waals surface area contributed by atoms with E-state index in [1.165, 1.54) is 41.5 Å². The fourth-order valence-electron chi connectivity index (χ4n) is 2.67. The van der Waals surface area contributed by atoms with Gasteiger partial charge in [0.2, 0.25) is 0 Å². The largest absolute Gasteiger partial charge is 0.368 e. The number of hydrogen-bond acceptors (Lipinski definition) is 2. The standard InChI is InChI=1S/C18H29BrN2/c1-5-10-20-14(4)16-8-9-18(17(19)11-16)21(13(2)3)12-15-6-7-15/h8-9,11,13-15,20H,5-7,10,12H2,1-4H3. The maximum absolute atomic E-state index is 3.79. The van der Waals surface area contributed by atoms with E-state index in [9.17, 15) is 0 Å². The zero-order chi connectivity index (χ0) is 15.4. The van der Waals surface area contributed by atoms with Crippen molar-refractivity contribution in [2.75, 3.05) is 18.0 Å². The van der Waals surface area contributed by atoms with Crippen LogP contribution in [0.3, 0.4) is 0 Å². The molecule has 1 atom stereocenters. The highest BCUT2D eigenvalue weighted by Crippen LogP contribution is 2.36. The SMILES string of the molecule is CCCNC(C)c1ccc(N(CC2CC2)C(C)C)c(Br)c1. The van der Waals surface area contributed by atoms with Gasteiger partial charge in [-0.1, -0.05) is 13.0 Å². The summed E-state index contributed by atoms with van der Waals surface area (Å²) in [5, 5.41) is 3.56. The summed E-state index contributed by atoms with van der Waals surface area (Å²) in [6.45, 7) is 11.3. The van der Waals surface area contributed by atoms with Gasteiger partial charge in [-0.2, -0.15) is 0 Å². The molecule has 1 saturated carbocycles. The fourth-order valence-corrected chi connectivity index (χ4v) is 3.29. The molecule has 1 N–H and O–H groups in total. The van der Waals surface area contributed by atoms with Gasteiger partial charge in [-0.05, 0) is 86.1 Å². The van der Waals surface area contributed by atoms with E-state index in [4.69, 9.17) is 0 Å². The summed E-state index contributed by atoms with van der Waals surface area (Å²) < 4.78 is 1.22. The molecular weight excluding hydrogens is 324 g/mol. The third-order valence-corrected chi connectivity index (χ3v) is 4.89. The van der Waals surface area contributed by atoms with E-state index < -0.39 is 0 Å². The predicted molar refractivity (Wildman–Crippen MR) is 96.1 cm³/mol. The van der Waals surface area contributed by atoms with Crippen LogP contribution in [0.2, 0.25) is 0 Å². The average Bonchev–Trinajstić information content (AvgIpc) is 3.26. The van der Waals surface area contributed by atoms with Crippen LogP contribution in [0, 0.1) is 5.92 Å². The van der Waals surface area contributed by atoms with Gasteiger partial charge in [0.25, 0.3) is 0 Å². The Morgan fingerprint density at radius 3 is 2.52 bits per heavy atom. The van der Waals surface area contributed by atoms with Crippen LogP contribution < -0.4 is 10.2 Å². The third-order valence-electron chi connectivity index (χ3n) is 4.26. The molecule has 0 heterocycles. The Morgan fingerprint density at radius 1 is 1.29 bits per heavy atom. The van der Waals surface area contributed by atoms with E-state index in [0.29, 0.717) is 12.1 Å². The summed E-state index contributed by atoms with van der Waals surface area (Å²) in [4.78, 5) is 2.54. The summed E-state index contributed by atoms with van der Waals surface area (Å²) in [6, 6.07) is 7.79. The van der Waals surface area contributed by atoms with Crippen LogP contribution in [0.5, 0.6) is 0 Å². The van der Waals surface area contributed by atoms with Gasteiger partial charge >= 0.3 is 0 Å². The second-order valence-electron chi connectivity index (χ2n) is 6.58. The van der Waals surface area contributed by atoms with Gasteiger partial charge in [0.05, 0.1) is 5.69 Å². The maximum atomic E-state index is 3.79. The van der Waals surface area contributed by atoms with Crippen LogP contribution in [0.25, 0.3) is 0 Å². The molecule has 1 unspecified atom stereocenters. The Hall–Kier alpha value is -0.540. The molecule has 1 aliphatic carbocycles. The van der Waals surface area contributed by atoms with Crippen LogP contribution in [-0.2, 0) is 0 Å². The van der Waals surface area contributed by atoms with Crippen molar-refractivity contribution in [3.8, 4) is 0 Å². The molecule has 1 fully saturated rings. The van der Waals surface area contributed by atoms with Crippen LogP contribution in [0.4, 0.5) is 5.69 Å². The van der Waals surface area contributed by atoms with Crippen LogP contribution >= 0.6 is 15.9 Å². The Bertz CT molecular complexity index is 455. The molecule has 0 aliphatic heterocycles. The van der Waals surface area contributed by atoms with Gasteiger partial charge in [0, 0.05) is 23.1 Å². The normalized spacial score (nSPS) is 16.3. The second-order valence-corrected chi connectivity index (χ2v) is 7.43. The van der Waals surface area contributed by atoms with Gasteiger partial charge in [0.15, 0.2) is 0 Å². The van der Waals surface area contributed by atoms with Gasteiger partial charge in [-0.15, -0.1) is 0 Å². The van der Waals surface area contributed by atoms with Crippen LogP contribution in [-0.4, -0.2) is 19.1 Å². The maximum Gasteiger partial charge on any atom is 0.0513 e. The minimum atomic E-state index is 0.409. The summed E-state index contributed by atoms with van der Waals surface area (Å²) in [7, 11) is 0. The molecule has 118 valence electrons.